The lowest BCUT2D eigenvalue weighted by molar-refractivity contribution is -0.122. The number of carbonyl (C=O) groups is 1. The molecule has 2 heterocycles. The monoisotopic (exact) mass is 423 g/mol. The first-order chi connectivity index (χ1) is 15.7. The molecule has 0 spiro atoms. The first-order valence-electron chi connectivity index (χ1n) is 10.4. The average molecular weight is 423 g/mol. The summed E-state index contributed by atoms with van der Waals surface area (Å²) in [7, 11) is 0. The van der Waals surface area contributed by atoms with E-state index in [0.717, 1.165) is 16.5 Å². The van der Waals surface area contributed by atoms with Gasteiger partial charge in [0.15, 0.2) is 0 Å². The van der Waals surface area contributed by atoms with Crippen molar-refractivity contribution in [1.82, 2.24) is 14.9 Å². The lowest BCUT2D eigenvalue weighted by atomic mass is 9.99. The number of nitrogens with one attached hydrogen (secondary N) is 1. The van der Waals surface area contributed by atoms with Crippen molar-refractivity contribution in [2.45, 2.75) is 19.0 Å². The summed E-state index contributed by atoms with van der Waals surface area (Å²) in [6.07, 6.45) is 2.05. The van der Waals surface area contributed by atoms with Crippen LogP contribution in [0.25, 0.3) is 22.1 Å². The Morgan fingerprint density at radius 3 is 2.41 bits per heavy atom. The van der Waals surface area contributed by atoms with E-state index in [0.29, 0.717) is 17.5 Å². The number of para-hydroxylation sites is 1. The lowest BCUT2D eigenvalue weighted by Gasteiger charge is -2.20. The van der Waals surface area contributed by atoms with Gasteiger partial charge < -0.3 is 9.73 Å². The summed E-state index contributed by atoms with van der Waals surface area (Å²) in [6, 6.07) is 27.0. The number of benzene rings is 3. The van der Waals surface area contributed by atoms with Crippen LogP contribution in [0.4, 0.5) is 0 Å². The van der Waals surface area contributed by atoms with Gasteiger partial charge in [-0.2, -0.15) is 0 Å². The summed E-state index contributed by atoms with van der Waals surface area (Å²) >= 11 is 0. The summed E-state index contributed by atoms with van der Waals surface area (Å²) in [5, 5.41) is 3.86. The molecule has 0 saturated heterocycles. The highest BCUT2D eigenvalue weighted by atomic mass is 16.3. The van der Waals surface area contributed by atoms with Gasteiger partial charge in [-0.1, -0.05) is 72.8 Å². The van der Waals surface area contributed by atoms with Crippen LogP contribution in [0.5, 0.6) is 0 Å². The first-order valence-corrected chi connectivity index (χ1v) is 10.4. The highest BCUT2D eigenvalue weighted by Gasteiger charge is 2.18. The fourth-order valence-corrected chi connectivity index (χ4v) is 3.91. The van der Waals surface area contributed by atoms with E-state index in [4.69, 9.17) is 4.42 Å². The zero-order chi connectivity index (χ0) is 21.9. The molecule has 1 unspecified atom stereocenters. The number of amides is 1. The van der Waals surface area contributed by atoms with E-state index >= 15 is 0 Å². The number of fused-ring (bicyclic) bond motifs is 3. The van der Waals surface area contributed by atoms with Gasteiger partial charge in [-0.15, -0.1) is 0 Å². The summed E-state index contributed by atoms with van der Waals surface area (Å²) in [5.41, 5.74) is 3.01. The highest BCUT2D eigenvalue weighted by Crippen LogP contribution is 2.24. The van der Waals surface area contributed by atoms with Crippen LogP contribution in [-0.4, -0.2) is 15.5 Å². The van der Waals surface area contributed by atoms with Crippen LogP contribution in [0.2, 0.25) is 0 Å². The topological polar surface area (TPSA) is 77.1 Å². The maximum absolute atomic E-state index is 12.9. The molecule has 32 heavy (non-hydrogen) atoms. The second-order valence-corrected chi connectivity index (χ2v) is 7.67. The van der Waals surface area contributed by atoms with Crippen LogP contribution in [0, 0.1) is 0 Å². The van der Waals surface area contributed by atoms with Crippen molar-refractivity contribution in [3.8, 4) is 0 Å². The maximum atomic E-state index is 12.9. The number of rotatable bonds is 6. The van der Waals surface area contributed by atoms with Crippen LogP contribution < -0.4 is 10.9 Å². The lowest BCUT2D eigenvalue weighted by Crippen LogP contribution is -2.35. The van der Waals surface area contributed by atoms with E-state index in [1.165, 1.54) is 10.9 Å². The molecule has 0 aliphatic rings. The molecule has 0 saturated carbocycles. The smallest absolute Gasteiger partial charge is 0.297 e. The van der Waals surface area contributed by atoms with Gasteiger partial charge in [-0.25, -0.2) is 4.98 Å². The van der Waals surface area contributed by atoms with E-state index in [1.54, 1.807) is 6.07 Å². The highest BCUT2D eigenvalue weighted by molar-refractivity contribution is 6.01. The first kappa shape index (κ1) is 19.8. The van der Waals surface area contributed by atoms with Crippen molar-refractivity contribution in [3.05, 3.63) is 113 Å². The fraction of sp³-hybridized carbons (Fsp3) is 0.115. The summed E-state index contributed by atoms with van der Waals surface area (Å²) in [4.78, 5) is 30.2. The molecule has 0 aliphatic heterocycles. The van der Waals surface area contributed by atoms with Gasteiger partial charge in [0.2, 0.25) is 11.5 Å². The van der Waals surface area contributed by atoms with Crippen LogP contribution in [-0.2, 0) is 17.8 Å². The Kier molecular flexibility index (Phi) is 5.25. The molecule has 6 nitrogen and oxygen atoms in total. The van der Waals surface area contributed by atoms with Crippen molar-refractivity contribution in [2.75, 3.05) is 0 Å². The van der Waals surface area contributed by atoms with Crippen LogP contribution in [0.3, 0.4) is 0 Å². The largest absolute Gasteiger partial charge is 0.448 e. The second kappa shape index (κ2) is 8.51. The predicted octanol–water partition coefficient (Wildman–Crippen LogP) is 4.24. The molecule has 1 N–H and O–H groups in total. The van der Waals surface area contributed by atoms with Gasteiger partial charge in [-0.05, 0) is 29.7 Å². The Morgan fingerprint density at radius 1 is 0.938 bits per heavy atom. The van der Waals surface area contributed by atoms with E-state index in [1.807, 2.05) is 78.9 Å². The zero-order valence-corrected chi connectivity index (χ0v) is 17.3. The molecule has 0 radical (unpaired) electrons. The predicted molar refractivity (Wildman–Crippen MR) is 123 cm³/mol. The van der Waals surface area contributed by atoms with Gasteiger partial charge in [-0.3, -0.25) is 14.2 Å². The van der Waals surface area contributed by atoms with Crippen molar-refractivity contribution in [2.24, 2.45) is 0 Å². The maximum Gasteiger partial charge on any atom is 0.297 e. The standard InChI is InChI=1S/C26H21N3O3/c30-23(28-21(19-11-5-2-6-12-19)15-18-9-3-1-4-10-18)16-29-17-27-24-20-13-7-8-14-22(20)32-25(24)26(29)31/h1-14,17,21H,15-16H2,(H,28,30). The van der Waals surface area contributed by atoms with E-state index in [-0.39, 0.29) is 29.6 Å². The third kappa shape index (κ3) is 3.90. The summed E-state index contributed by atoms with van der Waals surface area (Å²) < 4.78 is 6.99. The van der Waals surface area contributed by atoms with Gasteiger partial charge in [0.25, 0.3) is 5.56 Å². The minimum Gasteiger partial charge on any atom is -0.448 e. The van der Waals surface area contributed by atoms with Crippen LogP contribution >= 0.6 is 0 Å². The minimum absolute atomic E-state index is 0.142. The van der Waals surface area contributed by atoms with Gasteiger partial charge in [0.1, 0.15) is 17.6 Å². The van der Waals surface area contributed by atoms with E-state index in [2.05, 4.69) is 10.3 Å². The number of nitrogens with zero attached hydrogens (tertiary/aromatic N) is 2. The fourth-order valence-electron chi connectivity index (χ4n) is 3.91. The van der Waals surface area contributed by atoms with Gasteiger partial charge in [0, 0.05) is 5.39 Å². The molecule has 0 fully saturated rings. The second-order valence-electron chi connectivity index (χ2n) is 7.67. The zero-order valence-electron chi connectivity index (χ0n) is 17.3. The average Bonchev–Trinajstić information content (AvgIpc) is 3.21. The van der Waals surface area contributed by atoms with Crippen LogP contribution in [0.1, 0.15) is 17.2 Å². The molecule has 1 amide bonds. The van der Waals surface area contributed by atoms with Crippen molar-refractivity contribution in [3.63, 3.8) is 0 Å². The molecule has 158 valence electrons. The van der Waals surface area contributed by atoms with Crippen molar-refractivity contribution in [1.29, 1.82) is 0 Å². The molecule has 2 aromatic heterocycles. The Hall–Kier alpha value is -4.19. The number of aromatic nitrogens is 2. The van der Waals surface area contributed by atoms with Crippen LogP contribution in [0.15, 0.2) is 100 Å². The third-order valence-electron chi connectivity index (χ3n) is 5.48. The number of furan rings is 1. The minimum atomic E-state index is -0.374. The van der Waals surface area contributed by atoms with E-state index in [9.17, 15) is 9.59 Å². The molecule has 5 rings (SSSR count). The number of hydrogen-bond acceptors (Lipinski definition) is 4. The number of carbonyl (C=O) groups excluding carboxylic acids is 1. The van der Waals surface area contributed by atoms with E-state index < -0.39 is 0 Å². The SMILES string of the molecule is O=C(Cn1cnc2c(oc3ccccc32)c1=O)NC(Cc1ccccc1)c1ccccc1. The molecule has 6 heteroatoms. The molecule has 5 aromatic rings. The summed E-state index contributed by atoms with van der Waals surface area (Å²) in [5.74, 6) is -0.269. The Labute approximate surface area is 184 Å². The summed E-state index contributed by atoms with van der Waals surface area (Å²) in [6.45, 7) is -0.142. The number of hydrogen-bond donors (Lipinski definition) is 1. The normalized spacial score (nSPS) is 12.1. The third-order valence-corrected chi connectivity index (χ3v) is 5.48. The molecule has 0 bridgehead atoms. The van der Waals surface area contributed by atoms with Crippen molar-refractivity contribution >= 4 is 28.0 Å². The molecule has 0 aliphatic carbocycles. The van der Waals surface area contributed by atoms with Crippen molar-refractivity contribution < 1.29 is 9.21 Å². The Balaban J connectivity index is 1.40. The molecule has 3 aromatic carbocycles. The molecular formula is C26H21N3O3. The Morgan fingerprint density at radius 2 is 1.62 bits per heavy atom. The quantitative estimate of drug-likeness (QED) is 0.443. The van der Waals surface area contributed by atoms with Gasteiger partial charge in [0.05, 0.1) is 12.4 Å². The Bertz CT molecular complexity index is 1440. The molecule has 1 atom stereocenters. The molecular weight excluding hydrogens is 402 g/mol. The van der Waals surface area contributed by atoms with Gasteiger partial charge >= 0.3 is 0 Å².